The zero-order valence-corrected chi connectivity index (χ0v) is 18.2. The van der Waals surface area contributed by atoms with Crippen LogP contribution in [0.5, 0.6) is 0 Å². The van der Waals surface area contributed by atoms with Crippen molar-refractivity contribution in [2.45, 2.75) is 30.0 Å². The van der Waals surface area contributed by atoms with Gasteiger partial charge in [0.15, 0.2) is 5.58 Å². The first-order chi connectivity index (χ1) is 15.7. The molecule has 32 heavy (non-hydrogen) atoms. The van der Waals surface area contributed by atoms with Gasteiger partial charge >= 0.3 is 0 Å². The molecule has 1 heterocycles. The quantitative estimate of drug-likeness (QED) is 0.375. The van der Waals surface area contributed by atoms with Crippen LogP contribution in [-0.2, 0) is 22.7 Å². The number of carbonyl (C=O) groups is 2. The summed E-state index contributed by atoms with van der Waals surface area (Å²) in [7, 11) is 0. The topological polar surface area (TPSA) is 84.2 Å². The van der Waals surface area contributed by atoms with Gasteiger partial charge in [0.05, 0.1) is 0 Å². The number of benzene rings is 3. The van der Waals surface area contributed by atoms with Crippen molar-refractivity contribution in [1.82, 2.24) is 15.6 Å². The van der Waals surface area contributed by atoms with Crippen LogP contribution in [0.3, 0.4) is 0 Å². The number of hydrogen-bond acceptors (Lipinski definition) is 5. The lowest BCUT2D eigenvalue weighted by atomic mass is 10.2. The molecule has 0 bridgehead atoms. The summed E-state index contributed by atoms with van der Waals surface area (Å²) in [5.74, 6) is -0.451. The highest BCUT2D eigenvalue weighted by molar-refractivity contribution is 8.00. The van der Waals surface area contributed by atoms with Gasteiger partial charge in [-0.05, 0) is 23.3 Å². The number of fused-ring (bicyclic) bond motifs is 1. The molecule has 0 aliphatic rings. The number of carbonyl (C=O) groups excluding carboxylic acids is 2. The molecule has 4 rings (SSSR count). The summed E-state index contributed by atoms with van der Waals surface area (Å²) >= 11 is 1.16. The van der Waals surface area contributed by atoms with Crippen LogP contribution in [0.2, 0.25) is 0 Å². The van der Waals surface area contributed by atoms with Crippen LogP contribution in [0.1, 0.15) is 17.5 Å². The van der Waals surface area contributed by atoms with Gasteiger partial charge in [0.25, 0.3) is 5.22 Å². The Morgan fingerprint density at radius 3 is 2.06 bits per heavy atom. The second-order valence-corrected chi connectivity index (χ2v) is 8.38. The number of rotatable bonds is 9. The van der Waals surface area contributed by atoms with Gasteiger partial charge in [0, 0.05) is 19.5 Å². The van der Waals surface area contributed by atoms with Crippen molar-refractivity contribution in [3.05, 3.63) is 96.1 Å². The van der Waals surface area contributed by atoms with Crippen molar-refractivity contribution in [3.63, 3.8) is 0 Å². The molecule has 7 heteroatoms. The maximum Gasteiger partial charge on any atom is 0.257 e. The number of hydrogen-bond donors (Lipinski definition) is 2. The summed E-state index contributed by atoms with van der Waals surface area (Å²) in [5.41, 5.74) is 3.34. The SMILES string of the molecule is O=C(CC(Sc1nc2ccccc2o1)C(=O)NCc1ccccc1)NCc1ccccc1. The van der Waals surface area contributed by atoms with Crippen LogP contribution in [0.15, 0.2) is 94.6 Å². The van der Waals surface area contributed by atoms with Crippen LogP contribution in [0, 0.1) is 0 Å². The fraction of sp³-hybridized carbons (Fsp3) is 0.160. The third-order valence-electron chi connectivity index (χ3n) is 4.82. The Kier molecular flexibility index (Phi) is 7.19. The van der Waals surface area contributed by atoms with Crippen molar-refractivity contribution in [1.29, 1.82) is 0 Å². The zero-order valence-electron chi connectivity index (χ0n) is 17.4. The largest absolute Gasteiger partial charge is 0.431 e. The molecule has 3 aromatic carbocycles. The summed E-state index contributed by atoms with van der Waals surface area (Å²) in [6, 6.07) is 26.7. The lowest BCUT2D eigenvalue weighted by Crippen LogP contribution is -2.36. The van der Waals surface area contributed by atoms with E-state index in [1.54, 1.807) is 0 Å². The van der Waals surface area contributed by atoms with E-state index >= 15 is 0 Å². The molecule has 0 saturated heterocycles. The highest BCUT2D eigenvalue weighted by Crippen LogP contribution is 2.28. The molecule has 0 saturated carbocycles. The third-order valence-corrected chi connectivity index (χ3v) is 5.86. The second-order valence-electron chi connectivity index (χ2n) is 7.22. The molecule has 1 aromatic heterocycles. The van der Waals surface area contributed by atoms with Crippen LogP contribution >= 0.6 is 11.8 Å². The van der Waals surface area contributed by atoms with Crippen molar-refractivity contribution in [3.8, 4) is 0 Å². The number of aromatic nitrogens is 1. The van der Waals surface area contributed by atoms with E-state index in [0.29, 0.717) is 29.4 Å². The van der Waals surface area contributed by atoms with Crippen LogP contribution in [0.4, 0.5) is 0 Å². The van der Waals surface area contributed by atoms with E-state index < -0.39 is 5.25 Å². The molecule has 0 radical (unpaired) electrons. The van der Waals surface area contributed by atoms with E-state index in [-0.39, 0.29) is 18.2 Å². The molecular formula is C25H23N3O3S. The van der Waals surface area contributed by atoms with Gasteiger partial charge in [0.2, 0.25) is 11.8 Å². The Hall–Kier alpha value is -3.58. The van der Waals surface area contributed by atoms with Crippen molar-refractivity contribution < 1.29 is 14.0 Å². The summed E-state index contributed by atoms with van der Waals surface area (Å²) in [6.07, 6.45) is 0.0108. The van der Waals surface area contributed by atoms with E-state index in [0.717, 1.165) is 22.9 Å². The third kappa shape index (κ3) is 5.98. The summed E-state index contributed by atoms with van der Waals surface area (Å²) < 4.78 is 5.76. The highest BCUT2D eigenvalue weighted by Gasteiger charge is 2.25. The second kappa shape index (κ2) is 10.6. The minimum atomic E-state index is -0.678. The van der Waals surface area contributed by atoms with E-state index in [2.05, 4.69) is 15.6 Å². The van der Waals surface area contributed by atoms with Gasteiger partial charge in [0.1, 0.15) is 10.8 Å². The number of amides is 2. The molecule has 0 aliphatic carbocycles. The molecule has 6 nitrogen and oxygen atoms in total. The van der Waals surface area contributed by atoms with Gasteiger partial charge in [-0.25, -0.2) is 4.98 Å². The molecule has 0 fully saturated rings. The number of thioether (sulfide) groups is 1. The Balaban J connectivity index is 1.43. The first kappa shape index (κ1) is 21.6. The average Bonchev–Trinajstić information content (AvgIpc) is 3.24. The smallest absolute Gasteiger partial charge is 0.257 e. The Labute approximate surface area is 190 Å². The lowest BCUT2D eigenvalue weighted by Gasteiger charge is -2.15. The van der Waals surface area contributed by atoms with E-state index in [4.69, 9.17) is 4.42 Å². The molecule has 2 amide bonds. The van der Waals surface area contributed by atoms with E-state index in [1.165, 1.54) is 0 Å². The summed E-state index contributed by atoms with van der Waals surface area (Å²) in [5, 5.41) is 5.49. The molecule has 2 N–H and O–H groups in total. The Bertz CT molecular complexity index is 1150. The molecule has 1 atom stereocenters. The van der Waals surface area contributed by atoms with E-state index in [1.807, 2.05) is 84.9 Å². The zero-order chi connectivity index (χ0) is 22.2. The van der Waals surface area contributed by atoms with Gasteiger partial charge in [-0.15, -0.1) is 0 Å². The predicted molar refractivity (Wildman–Crippen MR) is 125 cm³/mol. The summed E-state index contributed by atoms with van der Waals surface area (Å²) in [6.45, 7) is 0.793. The standard InChI is InChI=1S/C25H23N3O3S/c29-23(26-16-18-9-3-1-4-10-18)15-22(24(30)27-17-19-11-5-2-6-12-19)32-25-28-20-13-7-8-14-21(20)31-25/h1-14,22H,15-17H2,(H,26,29)(H,27,30). The van der Waals surface area contributed by atoms with Crippen LogP contribution in [-0.4, -0.2) is 22.0 Å². The number of oxazole rings is 1. The molecule has 0 spiro atoms. The number of nitrogens with zero attached hydrogens (tertiary/aromatic N) is 1. The van der Waals surface area contributed by atoms with Gasteiger partial charge < -0.3 is 15.1 Å². The van der Waals surface area contributed by atoms with Crippen molar-refractivity contribution in [2.75, 3.05) is 0 Å². The van der Waals surface area contributed by atoms with Crippen LogP contribution < -0.4 is 10.6 Å². The maximum atomic E-state index is 13.0. The normalized spacial score (nSPS) is 11.8. The lowest BCUT2D eigenvalue weighted by molar-refractivity contribution is -0.126. The fourth-order valence-electron chi connectivity index (χ4n) is 3.15. The first-order valence-electron chi connectivity index (χ1n) is 10.3. The van der Waals surface area contributed by atoms with Crippen LogP contribution in [0.25, 0.3) is 11.1 Å². The highest BCUT2D eigenvalue weighted by atomic mass is 32.2. The molecule has 4 aromatic rings. The minimum Gasteiger partial charge on any atom is -0.431 e. The molecule has 162 valence electrons. The maximum absolute atomic E-state index is 13.0. The molecule has 0 aliphatic heterocycles. The number of para-hydroxylation sites is 2. The predicted octanol–water partition coefficient (Wildman–Crippen LogP) is 4.31. The average molecular weight is 446 g/mol. The first-order valence-corrected chi connectivity index (χ1v) is 11.2. The molecular weight excluding hydrogens is 422 g/mol. The van der Waals surface area contributed by atoms with Crippen molar-refractivity contribution in [2.24, 2.45) is 0 Å². The Morgan fingerprint density at radius 2 is 1.41 bits per heavy atom. The van der Waals surface area contributed by atoms with Gasteiger partial charge in [-0.2, -0.15) is 0 Å². The summed E-state index contributed by atoms with van der Waals surface area (Å²) in [4.78, 5) is 30.0. The number of nitrogens with one attached hydrogen (secondary N) is 2. The monoisotopic (exact) mass is 445 g/mol. The fourth-order valence-corrected chi connectivity index (χ4v) is 4.10. The van der Waals surface area contributed by atoms with E-state index in [9.17, 15) is 9.59 Å². The Morgan fingerprint density at radius 1 is 0.812 bits per heavy atom. The molecule has 1 unspecified atom stereocenters. The van der Waals surface area contributed by atoms with Crippen molar-refractivity contribution >= 4 is 34.7 Å². The van der Waals surface area contributed by atoms with Gasteiger partial charge in [-0.3, -0.25) is 9.59 Å². The minimum absolute atomic E-state index is 0.0108. The van der Waals surface area contributed by atoms with Gasteiger partial charge in [-0.1, -0.05) is 84.6 Å².